The fraction of sp³-hybridized carbons (Fsp3) is 0.278. The number of rotatable bonds is 9. The van der Waals surface area contributed by atoms with Gasteiger partial charge in [0.15, 0.2) is 0 Å². The highest BCUT2D eigenvalue weighted by Gasteiger charge is 2.09. The van der Waals surface area contributed by atoms with Gasteiger partial charge in [-0.05, 0) is 55.6 Å². The molecule has 146 valence electrons. The van der Waals surface area contributed by atoms with Gasteiger partial charge in [0, 0.05) is 30.2 Å². The standard InChI is InChI=1S/C18H22ClN3O4S/c1-22(12-13-26-16-6-2-14(19)3-7-16)11-10-18(23)21-15-4-8-17(9-5-15)27(20,24)25/h2-9H,10-13H2,1H3,(H,21,23)(H2,20,24,25). The molecule has 1 amide bonds. The van der Waals surface area contributed by atoms with E-state index in [4.69, 9.17) is 21.5 Å². The first-order valence-corrected chi connectivity index (χ1v) is 10.2. The van der Waals surface area contributed by atoms with Gasteiger partial charge in [0.2, 0.25) is 15.9 Å². The second kappa shape index (κ2) is 9.70. The molecule has 2 rings (SSSR count). The van der Waals surface area contributed by atoms with Crippen LogP contribution in [0, 0.1) is 0 Å². The summed E-state index contributed by atoms with van der Waals surface area (Å²) < 4.78 is 28.0. The second-order valence-corrected chi connectivity index (χ2v) is 7.97. The molecule has 0 saturated heterocycles. The van der Waals surface area contributed by atoms with E-state index in [1.54, 1.807) is 24.3 Å². The molecule has 0 aliphatic rings. The van der Waals surface area contributed by atoms with Crippen molar-refractivity contribution in [2.75, 3.05) is 32.1 Å². The van der Waals surface area contributed by atoms with E-state index in [0.717, 1.165) is 5.75 Å². The highest BCUT2D eigenvalue weighted by atomic mass is 35.5. The summed E-state index contributed by atoms with van der Waals surface area (Å²) in [5, 5.41) is 8.41. The molecule has 0 heterocycles. The third kappa shape index (κ3) is 7.56. The van der Waals surface area contributed by atoms with Crippen LogP contribution >= 0.6 is 11.6 Å². The molecule has 0 radical (unpaired) electrons. The van der Waals surface area contributed by atoms with E-state index in [1.807, 2.05) is 11.9 Å². The van der Waals surface area contributed by atoms with E-state index in [0.29, 0.717) is 36.8 Å². The Morgan fingerprint density at radius 2 is 1.74 bits per heavy atom. The van der Waals surface area contributed by atoms with Gasteiger partial charge in [-0.15, -0.1) is 0 Å². The topological polar surface area (TPSA) is 102 Å². The van der Waals surface area contributed by atoms with Crippen LogP contribution in [0.25, 0.3) is 0 Å². The maximum atomic E-state index is 12.0. The van der Waals surface area contributed by atoms with Gasteiger partial charge in [-0.2, -0.15) is 0 Å². The Labute approximate surface area is 164 Å². The lowest BCUT2D eigenvalue weighted by molar-refractivity contribution is -0.116. The van der Waals surface area contributed by atoms with Crippen LogP contribution in [0.2, 0.25) is 5.02 Å². The SMILES string of the molecule is CN(CCOc1ccc(Cl)cc1)CCC(=O)Nc1ccc(S(N)(=O)=O)cc1. The van der Waals surface area contributed by atoms with Crippen LogP contribution in [-0.2, 0) is 14.8 Å². The highest BCUT2D eigenvalue weighted by Crippen LogP contribution is 2.15. The lowest BCUT2D eigenvalue weighted by Crippen LogP contribution is -2.28. The summed E-state index contributed by atoms with van der Waals surface area (Å²) in [5.74, 6) is 0.581. The van der Waals surface area contributed by atoms with E-state index in [-0.39, 0.29) is 10.8 Å². The first kappa shape index (κ1) is 21.2. The number of nitrogens with one attached hydrogen (secondary N) is 1. The Kier molecular flexibility index (Phi) is 7.61. The quantitative estimate of drug-likeness (QED) is 0.659. The molecule has 0 aliphatic carbocycles. The molecule has 0 bridgehead atoms. The number of primary sulfonamides is 1. The molecule has 0 unspecified atom stereocenters. The van der Waals surface area contributed by atoms with Gasteiger partial charge in [-0.1, -0.05) is 11.6 Å². The summed E-state index contributed by atoms with van der Waals surface area (Å²) in [4.78, 5) is 14.0. The molecule has 0 aromatic heterocycles. The van der Waals surface area contributed by atoms with Crippen LogP contribution in [0.3, 0.4) is 0 Å². The molecule has 2 aromatic rings. The predicted molar refractivity (Wildman–Crippen MR) is 106 cm³/mol. The van der Waals surface area contributed by atoms with Gasteiger partial charge in [0.05, 0.1) is 4.90 Å². The minimum absolute atomic E-state index is 0.000852. The number of likely N-dealkylation sites (N-methyl/N-ethyl adjacent to an activating group) is 1. The van der Waals surface area contributed by atoms with Crippen molar-refractivity contribution >= 4 is 33.2 Å². The molecule has 9 heteroatoms. The number of benzene rings is 2. The molecule has 2 aromatic carbocycles. The molecule has 0 spiro atoms. The van der Waals surface area contributed by atoms with Crippen molar-refractivity contribution in [3.05, 3.63) is 53.6 Å². The Bertz CT molecular complexity index is 855. The summed E-state index contributed by atoms with van der Waals surface area (Å²) >= 11 is 5.82. The van der Waals surface area contributed by atoms with Crippen molar-refractivity contribution < 1.29 is 17.9 Å². The zero-order chi connectivity index (χ0) is 19.9. The molecule has 0 aliphatic heterocycles. The van der Waals surface area contributed by atoms with Gasteiger partial charge in [-0.3, -0.25) is 4.79 Å². The summed E-state index contributed by atoms with van der Waals surface area (Å²) in [7, 11) is -1.84. The van der Waals surface area contributed by atoms with Crippen molar-refractivity contribution in [1.82, 2.24) is 4.90 Å². The number of hydrogen-bond donors (Lipinski definition) is 2. The largest absolute Gasteiger partial charge is 0.492 e. The number of hydrogen-bond acceptors (Lipinski definition) is 5. The first-order chi connectivity index (χ1) is 12.7. The molecular formula is C18H22ClN3O4S. The number of amides is 1. The van der Waals surface area contributed by atoms with Crippen LogP contribution < -0.4 is 15.2 Å². The second-order valence-electron chi connectivity index (χ2n) is 5.97. The van der Waals surface area contributed by atoms with E-state index in [9.17, 15) is 13.2 Å². The monoisotopic (exact) mass is 411 g/mol. The van der Waals surface area contributed by atoms with Crippen molar-refractivity contribution in [3.63, 3.8) is 0 Å². The van der Waals surface area contributed by atoms with Crippen LogP contribution in [0.5, 0.6) is 5.75 Å². The van der Waals surface area contributed by atoms with Gasteiger partial charge in [-0.25, -0.2) is 13.6 Å². The zero-order valence-corrected chi connectivity index (χ0v) is 16.5. The van der Waals surface area contributed by atoms with Crippen molar-refractivity contribution in [2.24, 2.45) is 5.14 Å². The third-order valence-corrected chi connectivity index (χ3v) is 4.92. The van der Waals surface area contributed by atoms with Crippen LogP contribution in [-0.4, -0.2) is 46.0 Å². The third-order valence-electron chi connectivity index (χ3n) is 3.74. The first-order valence-electron chi connectivity index (χ1n) is 8.24. The minimum atomic E-state index is -3.74. The van der Waals surface area contributed by atoms with E-state index in [2.05, 4.69) is 5.32 Å². The fourth-order valence-corrected chi connectivity index (χ4v) is 2.85. The number of ether oxygens (including phenoxy) is 1. The van der Waals surface area contributed by atoms with Crippen molar-refractivity contribution in [3.8, 4) is 5.75 Å². The van der Waals surface area contributed by atoms with E-state index < -0.39 is 10.0 Å². The Morgan fingerprint density at radius 3 is 2.33 bits per heavy atom. The Balaban J connectivity index is 1.69. The summed E-state index contributed by atoms with van der Waals surface area (Å²) in [6.07, 6.45) is 0.300. The van der Waals surface area contributed by atoms with Crippen molar-refractivity contribution in [1.29, 1.82) is 0 Å². The molecule has 27 heavy (non-hydrogen) atoms. The van der Waals surface area contributed by atoms with Gasteiger partial charge in [0.25, 0.3) is 0 Å². The maximum Gasteiger partial charge on any atom is 0.238 e. The molecule has 0 atom stereocenters. The average Bonchev–Trinajstić information content (AvgIpc) is 2.61. The van der Waals surface area contributed by atoms with Crippen LogP contribution in [0.15, 0.2) is 53.4 Å². The number of nitrogens with zero attached hydrogens (tertiary/aromatic N) is 1. The number of anilines is 1. The number of nitrogens with two attached hydrogens (primary N) is 1. The van der Waals surface area contributed by atoms with Gasteiger partial charge in [0.1, 0.15) is 12.4 Å². The molecule has 3 N–H and O–H groups in total. The van der Waals surface area contributed by atoms with E-state index >= 15 is 0 Å². The smallest absolute Gasteiger partial charge is 0.238 e. The van der Waals surface area contributed by atoms with Gasteiger partial charge < -0.3 is 15.0 Å². The summed E-state index contributed by atoms with van der Waals surface area (Å²) in [6, 6.07) is 12.8. The Morgan fingerprint density at radius 1 is 1.11 bits per heavy atom. The van der Waals surface area contributed by atoms with Crippen LogP contribution in [0.1, 0.15) is 6.42 Å². The number of carbonyl (C=O) groups excluding carboxylic acids is 1. The minimum Gasteiger partial charge on any atom is -0.492 e. The summed E-state index contributed by atoms with van der Waals surface area (Å²) in [5.41, 5.74) is 0.515. The fourth-order valence-electron chi connectivity index (χ4n) is 2.21. The highest BCUT2D eigenvalue weighted by molar-refractivity contribution is 7.89. The van der Waals surface area contributed by atoms with Crippen molar-refractivity contribution in [2.45, 2.75) is 11.3 Å². The predicted octanol–water partition coefficient (Wildman–Crippen LogP) is 2.33. The van der Waals surface area contributed by atoms with E-state index in [1.165, 1.54) is 24.3 Å². The van der Waals surface area contributed by atoms with Crippen LogP contribution in [0.4, 0.5) is 5.69 Å². The average molecular weight is 412 g/mol. The lowest BCUT2D eigenvalue weighted by Gasteiger charge is -2.16. The normalized spacial score (nSPS) is 11.4. The molecule has 7 nitrogen and oxygen atoms in total. The Hall–Kier alpha value is -2.13. The summed E-state index contributed by atoms with van der Waals surface area (Å²) in [6.45, 7) is 1.72. The number of sulfonamides is 1. The lowest BCUT2D eigenvalue weighted by atomic mass is 10.3. The maximum absolute atomic E-state index is 12.0. The molecule has 0 saturated carbocycles. The molecular weight excluding hydrogens is 390 g/mol. The number of carbonyl (C=O) groups is 1. The zero-order valence-electron chi connectivity index (χ0n) is 14.9. The number of halogens is 1. The van der Waals surface area contributed by atoms with Gasteiger partial charge >= 0.3 is 0 Å². The molecule has 0 fully saturated rings.